The van der Waals surface area contributed by atoms with Crippen LogP contribution in [0.5, 0.6) is 0 Å². The van der Waals surface area contributed by atoms with Gasteiger partial charge in [-0.25, -0.2) is 0 Å². The molecule has 2 aliphatic heterocycles. The molecule has 0 aromatic carbocycles. The highest BCUT2D eigenvalue weighted by Gasteiger charge is 2.34. The van der Waals surface area contributed by atoms with Gasteiger partial charge in [-0.05, 0) is 19.3 Å². The summed E-state index contributed by atoms with van der Waals surface area (Å²) in [6.45, 7) is 1.80. The quantitative estimate of drug-likeness (QED) is 0.724. The van der Waals surface area contributed by atoms with Crippen molar-refractivity contribution in [3.05, 3.63) is 0 Å². The van der Waals surface area contributed by atoms with Gasteiger partial charge >= 0.3 is 5.97 Å². The van der Waals surface area contributed by atoms with Crippen LogP contribution >= 0.6 is 0 Å². The van der Waals surface area contributed by atoms with E-state index in [2.05, 4.69) is 5.32 Å². The summed E-state index contributed by atoms with van der Waals surface area (Å²) in [5.41, 5.74) is 0. The number of methoxy groups -OCH3 is 1. The molecule has 0 aromatic rings. The molecule has 6 heteroatoms. The van der Waals surface area contributed by atoms with Crippen LogP contribution in [0.15, 0.2) is 0 Å². The van der Waals surface area contributed by atoms with Crippen molar-refractivity contribution in [2.45, 2.75) is 31.4 Å². The second-order valence-electron chi connectivity index (χ2n) is 4.99. The first-order valence-corrected chi connectivity index (χ1v) is 6.39. The van der Waals surface area contributed by atoms with Crippen molar-refractivity contribution in [1.82, 2.24) is 10.2 Å². The van der Waals surface area contributed by atoms with E-state index >= 15 is 0 Å². The average molecular weight is 256 g/mol. The minimum Gasteiger partial charge on any atom is -0.481 e. The molecule has 0 spiro atoms. The number of rotatable bonds is 3. The molecule has 2 atom stereocenters. The summed E-state index contributed by atoms with van der Waals surface area (Å²) >= 11 is 0. The number of piperidine rings is 1. The van der Waals surface area contributed by atoms with Crippen LogP contribution in [0, 0.1) is 5.92 Å². The number of hydrogen-bond donors (Lipinski definition) is 2. The van der Waals surface area contributed by atoms with Gasteiger partial charge in [-0.1, -0.05) is 0 Å². The average Bonchev–Trinajstić information content (AvgIpc) is 2.86. The number of ether oxygens (including phenoxy) is 1. The Bertz CT molecular complexity index is 326. The molecule has 0 aromatic heterocycles. The lowest BCUT2D eigenvalue weighted by molar-refractivity contribution is -0.146. The normalized spacial score (nSPS) is 29.5. The molecule has 2 aliphatic rings. The number of carboxylic acids is 1. The summed E-state index contributed by atoms with van der Waals surface area (Å²) in [4.78, 5) is 24.8. The molecule has 2 unspecified atom stereocenters. The Morgan fingerprint density at radius 1 is 1.33 bits per heavy atom. The van der Waals surface area contributed by atoms with Crippen molar-refractivity contribution in [3.8, 4) is 0 Å². The molecule has 2 saturated heterocycles. The Kier molecular flexibility index (Phi) is 4.19. The van der Waals surface area contributed by atoms with Gasteiger partial charge in [0.25, 0.3) is 0 Å². The van der Waals surface area contributed by atoms with E-state index in [9.17, 15) is 9.59 Å². The summed E-state index contributed by atoms with van der Waals surface area (Å²) in [5, 5.41) is 12.1. The molecule has 1 amide bonds. The van der Waals surface area contributed by atoms with Crippen LogP contribution in [0.25, 0.3) is 0 Å². The first kappa shape index (κ1) is 13.3. The number of nitrogens with one attached hydrogen (secondary N) is 1. The van der Waals surface area contributed by atoms with Gasteiger partial charge in [-0.2, -0.15) is 0 Å². The van der Waals surface area contributed by atoms with Crippen molar-refractivity contribution >= 4 is 11.9 Å². The van der Waals surface area contributed by atoms with Crippen LogP contribution in [0.3, 0.4) is 0 Å². The van der Waals surface area contributed by atoms with Crippen molar-refractivity contribution in [2.75, 3.05) is 26.7 Å². The van der Waals surface area contributed by atoms with E-state index in [0.29, 0.717) is 38.9 Å². The van der Waals surface area contributed by atoms with E-state index in [1.54, 1.807) is 12.0 Å². The van der Waals surface area contributed by atoms with Gasteiger partial charge in [-0.15, -0.1) is 0 Å². The molecule has 0 saturated carbocycles. The fourth-order valence-corrected chi connectivity index (χ4v) is 2.64. The third-order valence-corrected chi connectivity index (χ3v) is 3.88. The molecule has 102 valence electrons. The van der Waals surface area contributed by atoms with Crippen molar-refractivity contribution in [3.63, 3.8) is 0 Å². The van der Waals surface area contributed by atoms with E-state index in [1.165, 1.54) is 0 Å². The number of carbonyl (C=O) groups excluding carboxylic acids is 1. The van der Waals surface area contributed by atoms with Crippen LogP contribution in [0.4, 0.5) is 0 Å². The molecule has 6 nitrogen and oxygen atoms in total. The SMILES string of the molecule is COC1CNC(C(=O)N2CCC(C(=O)O)CC2)C1. The second-order valence-corrected chi connectivity index (χ2v) is 4.99. The Morgan fingerprint density at radius 3 is 2.50 bits per heavy atom. The van der Waals surface area contributed by atoms with Gasteiger partial charge in [-0.3, -0.25) is 9.59 Å². The first-order chi connectivity index (χ1) is 8.61. The van der Waals surface area contributed by atoms with Gasteiger partial charge in [0.1, 0.15) is 0 Å². The van der Waals surface area contributed by atoms with Gasteiger partial charge in [0, 0.05) is 26.7 Å². The molecule has 2 rings (SSSR count). The molecule has 2 fully saturated rings. The van der Waals surface area contributed by atoms with Gasteiger partial charge in [0.15, 0.2) is 0 Å². The maximum absolute atomic E-state index is 12.2. The number of aliphatic carboxylic acids is 1. The van der Waals surface area contributed by atoms with Crippen LogP contribution in [0.2, 0.25) is 0 Å². The number of likely N-dealkylation sites (tertiary alicyclic amines) is 1. The van der Waals surface area contributed by atoms with E-state index < -0.39 is 5.97 Å². The molecule has 0 radical (unpaired) electrons. The van der Waals surface area contributed by atoms with E-state index in [-0.39, 0.29) is 24.0 Å². The lowest BCUT2D eigenvalue weighted by Gasteiger charge is -2.31. The van der Waals surface area contributed by atoms with Gasteiger partial charge in [0.05, 0.1) is 18.1 Å². The van der Waals surface area contributed by atoms with E-state index in [0.717, 1.165) is 0 Å². The number of nitrogens with zero attached hydrogens (tertiary/aromatic N) is 1. The highest BCUT2D eigenvalue weighted by atomic mass is 16.5. The van der Waals surface area contributed by atoms with Crippen molar-refractivity contribution < 1.29 is 19.4 Å². The first-order valence-electron chi connectivity index (χ1n) is 6.39. The summed E-state index contributed by atoms with van der Waals surface area (Å²) in [6, 6.07) is -0.170. The Balaban J connectivity index is 1.83. The Labute approximate surface area is 106 Å². The zero-order valence-electron chi connectivity index (χ0n) is 10.6. The Morgan fingerprint density at radius 2 is 2.00 bits per heavy atom. The molecule has 2 N–H and O–H groups in total. The smallest absolute Gasteiger partial charge is 0.306 e. The third-order valence-electron chi connectivity index (χ3n) is 3.88. The number of carboxylic acid groups (broad SMARTS) is 1. The summed E-state index contributed by atoms with van der Waals surface area (Å²) in [6.07, 6.45) is 1.92. The predicted octanol–water partition coefficient (Wildman–Crippen LogP) is -0.313. The molecular weight excluding hydrogens is 236 g/mol. The monoisotopic (exact) mass is 256 g/mol. The van der Waals surface area contributed by atoms with Crippen LogP contribution < -0.4 is 5.32 Å². The van der Waals surface area contributed by atoms with Crippen molar-refractivity contribution in [2.24, 2.45) is 5.92 Å². The molecule has 18 heavy (non-hydrogen) atoms. The van der Waals surface area contributed by atoms with E-state index in [1.807, 2.05) is 0 Å². The highest BCUT2D eigenvalue weighted by molar-refractivity contribution is 5.82. The molecule has 0 aliphatic carbocycles. The minimum absolute atomic E-state index is 0.0818. The maximum atomic E-state index is 12.2. The fraction of sp³-hybridized carbons (Fsp3) is 0.833. The second kappa shape index (κ2) is 5.67. The third kappa shape index (κ3) is 2.81. The lowest BCUT2D eigenvalue weighted by Crippen LogP contribution is -2.47. The number of carbonyl (C=O) groups is 2. The van der Waals surface area contributed by atoms with Gasteiger partial charge in [0.2, 0.25) is 5.91 Å². The van der Waals surface area contributed by atoms with Gasteiger partial charge < -0.3 is 20.1 Å². The van der Waals surface area contributed by atoms with Crippen molar-refractivity contribution in [1.29, 1.82) is 0 Å². The molecular formula is C12H20N2O4. The topological polar surface area (TPSA) is 78.9 Å². The lowest BCUT2D eigenvalue weighted by atomic mass is 9.96. The summed E-state index contributed by atoms with van der Waals surface area (Å²) in [5.74, 6) is -0.962. The minimum atomic E-state index is -0.750. The maximum Gasteiger partial charge on any atom is 0.306 e. The number of hydrogen-bond acceptors (Lipinski definition) is 4. The predicted molar refractivity (Wildman–Crippen MR) is 64.1 cm³/mol. The Hall–Kier alpha value is -1.14. The largest absolute Gasteiger partial charge is 0.481 e. The zero-order chi connectivity index (χ0) is 13.1. The zero-order valence-corrected chi connectivity index (χ0v) is 10.6. The summed E-state index contributed by atoms with van der Waals surface area (Å²) in [7, 11) is 1.65. The standard InChI is InChI=1S/C12H20N2O4/c1-18-9-6-10(13-7-9)11(15)14-4-2-8(3-5-14)12(16)17/h8-10,13H,2-7H2,1H3,(H,16,17). The van der Waals surface area contributed by atoms with Crippen LogP contribution in [-0.4, -0.2) is 60.8 Å². The molecule has 2 heterocycles. The van der Waals surface area contributed by atoms with Crippen LogP contribution in [0.1, 0.15) is 19.3 Å². The fourth-order valence-electron chi connectivity index (χ4n) is 2.64. The van der Waals surface area contributed by atoms with E-state index in [4.69, 9.17) is 9.84 Å². The van der Waals surface area contributed by atoms with Crippen LogP contribution in [-0.2, 0) is 14.3 Å². The summed E-state index contributed by atoms with van der Waals surface area (Å²) < 4.78 is 5.22. The molecule has 0 bridgehead atoms. The number of amides is 1. The highest BCUT2D eigenvalue weighted by Crippen LogP contribution is 2.20.